The van der Waals surface area contributed by atoms with Crippen LogP contribution >= 0.6 is 11.8 Å². The summed E-state index contributed by atoms with van der Waals surface area (Å²) in [6.45, 7) is 5.99. The molecule has 0 bridgehead atoms. The maximum atomic E-state index is 13.3. The van der Waals surface area contributed by atoms with Gasteiger partial charge < -0.3 is 15.0 Å². The Kier molecular flexibility index (Phi) is 9.85. The van der Waals surface area contributed by atoms with Gasteiger partial charge in [-0.3, -0.25) is 5.43 Å². The minimum atomic E-state index is -5.83. The van der Waals surface area contributed by atoms with Crippen LogP contribution in [0.2, 0.25) is 0 Å². The number of nitrogens with one attached hydrogen (secondary N) is 3. The lowest BCUT2D eigenvalue weighted by atomic mass is 10.0. The van der Waals surface area contributed by atoms with Gasteiger partial charge in [0.25, 0.3) is 0 Å². The van der Waals surface area contributed by atoms with E-state index in [0.717, 1.165) is 42.0 Å². The van der Waals surface area contributed by atoms with E-state index in [0.29, 0.717) is 29.9 Å². The summed E-state index contributed by atoms with van der Waals surface area (Å²) < 4.78 is 69.2. The first-order valence-electron chi connectivity index (χ1n) is 14.4. The predicted molar refractivity (Wildman–Crippen MR) is 167 cm³/mol. The third-order valence-electron chi connectivity index (χ3n) is 7.19. The van der Waals surface area contributed by atoms with Gasteiger partial charge in [-0.15, -0.1) is 16.9 Å². The molecule has 4 aromatic rings. The number of thioether (sulfide) groups is 1. The first-order valence-corrected chi connectivity index (χ1v) is 15.5. The molecule has 1 aliphatic heterocycles. The van der Waals surface area contributed by atoms with Crippen molar-refractivity contribution in [1.82, 2.24) is 25.6 Å². The Morgan fingerprint density at radius 2 is 1.69 bits per heavy atom. The van der Waals surface area contributed by atoms with Crippen molar-refractivity contribution in [3.05, 3.63) is 83.9 Å². The molecule has 1 aromatic heterocycles. The molecule has 45 heavy (non-hydrogen) atoms. The number of alkyl halides is 5. The van der Waals surface area contributed by atoms with Gasteiger partial charge in [0, 0.05) is 31.4 Å². The number of nitrogens with zero attached hydrogens (tertiary/aromatic N) is 4. The Balaban J connectivity index is 1.22. The zero-order chi connectivity index (χ0) is 32.2. The van der Waals surface area contributed by atoms with Crippen LogP contribution < -0.4 is 25.8 Å². The van der Waals surface area contributed by atoms with E-state index in [1.807, 2.05) is 36.0 Å². The summed E-state index contributed by atoms with van der Waals surface area (Å²) in [5, 5.41) is 7.43. The molecule has 0 amide bonds. The van der Waals surface area contributed by atoms with Gasteiger partial charge in [0.05, 0.1) is 5.69 Å². The molecule has 0 saturated carbocycles. The highest BCUT2D eigenvalue weighted by Crippen LogP contribution is 2.37. The Hall–Kier alpha value is -3.88. The van der Waals surface area contributed by atoms with Gasteiger partial charge in [-0.2, -0.15) is 31.6 Å². The number of halogens is 5. The van der Waals surface area contributed by atoms with E-state index in [1.165, 1.54) is 28.1 Å². The van der Waals surface area contributed by atoms with E-state index in [4.69, 9.17) is 0 Å². The highest BCUT2D eigenvalue weighted by Gasteiger charge is 2.61. The quantitative estimate of drug-likeness (QED) is 0.117. The SMILES string of the molecule is CNc1nc(-c2ccc(CNNC3SCCCN3c3ccccc3C(C)C)cc2)nn1-c1ccc(OC(F)(F)C(F)(F)F)cc1. The van der Waals surface area contributed by atoms with E-state index in [9.17, 15) is 22.0 Å². The molecule has 1 saturated heterocycles. The van der Waals surface area contributed by atoms with Crippen molar-refractivity contribution in [2.75, 3.05) is 29.6 Å². The Morgan fingerprint density at radius 3 is 2.36 bits per heavy atom. The monoisotopic (exact) mass is 647 g/mol. The fourth-order valence-corrected chi connectivity index (χ4v) is 5.97. The van der Waals surface area contributed by atoms with Crippen molar-refractivity contribution in [2.45, 2.75) is 50.5 Å². The van der Waals surface area contributed by atoms with E-state index >= 15 is 0 Å². The van der Waals surface area contributed by atoms with Crippen LogP contribution in [-0.2, 0) is 6.54 Å². The minimum absolute atomic E-state index is 0.0906. The van der Waals surface area contributed by atoms with Gasteiger partial charge in [0.15, 0.2) is 5.82 Å². The maximum absolute atomic E-state index is 13.3. The maximum Gasteiger partial charge on any atom is 0.499 e. The summed E-state index contributed by atoms with van der Waals surface area (Å²) in [6.07, 6.45) is -10.0. The first kappa shape index (κ1) is 32.5. The smallest absolute Gasteiger partial charge is 0.426 e. The molecule has 240 valence electrons. The van der Waals surface area contributed by atoms with Crippen LogP contribution in [0, 0.1) is 0 Å². The molecule has 14 heteroatoms. The van der Waals surface area contributed by atoms with Crippen molar-refractivity contribution < 1.29 is 26.7 Å². The number of hydrogen-bond acceptors (Lipinski definition) is 8. The summed E-state index contributed by atoms with van der Waals surface area (Å²) in [5.74, 6) is 1.62. The lowest BCUT2D eigenvalue weighted by Crippen LogP contribution is -2.52. The molecule has 5 rings (SSSR count). The van der Waals surface area contributed by atoms with Crippen LogP contribution in [0.3, 0.4) is 0 Å². The molecule has 8 nitrogen and oxygen atoms in total. The summed E-state index contributed by atoms with van der Waals surface area (Å²) in [5.41, 5.74) is 11.7. The number of ether oxygens (including phenoxy) is 1. The van der Waals surface area contributed by atoms with Crippen molar-refractivity contribution >= 4 is 23.4 Å². The predicted octanol–water partition coefficient (Wildman–Crippen LogP) is 7.15. The van der Waals surface area contributed by atoms with Crippen LogP contribution in [0.15, 0.2) is 72.8 Å². The summed E-state index contributed by atoms with van der Waals surface area (Å²) in [4.78, 5) is 6.92. The third kappa shape index (κ3) is 7.51. The van der Waals surface area contributed by atoms with Crippen LogP contribution in [-0.4, -0.2) is 51.9 Å². The zero-order valence-corrected chi connectivity index (χ0v) is 25.7. The van der Waals surface area contributed by atoms with Crippen LogP contribution in [0.1, 0.15) is 37.3 Å². The van der Waals surface area contributed by atoms with E-state index in [-0.39, 0.29) is 5.50 Å². The molecule has 1 fully saturated rings. The number of rotatable bonds is 11. The van der Waals surface area contributed by atoms with E-state index in [2.05, 4.69) is 74.0 Å². The molecule has 3 N–H and O–H groups in total. The standard InChI is InChI=1S/C31H34F5N7OS/c1-20(2)25-7-4-5-8-26(25)42-17-6-18-45-29(42)40-38-19-21-9-11-22(12-10-21)27-39-28(37-3)43(41-27)23-13-15-24(16-14-23)44-31(35,36)30(32,33)34/h4-5,7-16,20,29,38,40H,6,17-19H2,1-3H3,(H,37,39,41). The fraction of sp³-hybridized carbons (Fsp3) is 0.355. The van der Waals surface area contributed by atoms with Crippen LogP contribution in [0.25, 0.3) is 17.1 Å². The Morgan fingerprint density at radius 1 is 0.978 bits per heavy atom. The highest BCUT2D eigenvalue weighted by atomic mass is 32.2. The molecule has 3 aromatic carbocycles. The molecule has 1 unspecified atom stereocenters. The molecule has 1 aliphatic rings. The summed E-state index contributed by atoms with van der Waals surface area (Å²) in [7, 11) is 1.64. The second kappa shape index (κ2) is 13.6. The Bertz CT molecular complexity index is 1560. The van der Waals surface area contributed by atoms with Gasteiger partial charge >= 0.3 is 12.3 Å². The first-order chi connectivity index (χ1) is 21.5. The van der Waals surface area contributed by atoms with Crippen LogP contribution in [0.5, 0.6) is 5.75 Å². The molecular weight excluding hydrogens is 613 g/mol. The number of hydrogen-bond donors (Lipinski definition) is 3. The largest absolute Gasteiger partial charge is 0.499 e. The average Bonchev–Trinajstić information content (AvgIpc) is 3.46. The van der Waals surface area contributed by atoms with Gasteiger partial charge in [-0.05, 0) is 59.6 Å². The second-order valence-electron chi connectivity index (χ2n) is 10.7. The normalized spacial score (nSPS) is 15.8. The minimum Gasteiger partial charge on any atom is -0.426 e. The van der Waals surface area contributed by atoms with Gasteiger partial charge in [0.1, 0.15) is 11.2 Å². The fourth-order valence-electron chi connectivity index (χ4n) is 4.89. The van der Waals surface area contributed by atoms with E-state index < -0.39 is 18.0 Å². The molecule has 0 aliphatic carbocycles. The van der Waals surface area contributed by atoms with E-state index in [1.54, 1.807) is 7.05 Å². The molecule has 0 spiro atoms. The second-order valence-corrected chi connectivity index (χ2v) is 11.9. The number of para-hydroxylation sites is 1. The highest BCUT2D eigenvalue weighted by molar-refractivity contribution is 8.00. The van der Waals surface area contributed by atoms with Gasteiger partial charge in [-0.1, -0.05) is 56.3 Å². The number of benzene rings is 3. The zero-order valence-electron chi connectivity index (χ0n) is 24.9. The van der Waals surface area contributed by atoms with Gasteiger partial charge in [-0.25, -0.2) is 5.43 Å². The molecule has 0 radical (unpaired) electrons. The van der Waals surface area contributed by atoms with Crippen LogP contribution in [0.4, 0.5) is 33.6 Å². The Labute approximate surface area is 262 Å². The van der Waals surface area contributed by atoms with Crippen molar-refractivity contribution in [3.8, 4) is 22.8 Å². The van der Waals surface area contributed by atoms with Crippen molar-refractivity contribution in [2.24, 2.45) is 0 Å². The lowest BCUT2D eigenvalue weighted by Gasteiger charge is -2.39. The van der Waals surface area contributed by atoms with Gasteiger partial charge in [0.2, 0.25) is 5.95 Å². The number of anilines is 2. The topological polar surface area (TPSA) is 79.3 Å². The lowest BCUT2D eigenvalue weighted by molar-refractivity contribution is -0.360. The molecular formula is C31H34F5N7OS. The summed E-state index contributed by atoms with van der Waals surface area (Å²) >= 11 is 1.87. The third-order valence-corrected chi connectivity index (χ3v) is 8.40. The number of aromatic nitrogens is 3. The summed E-state index contributed by atoms with van der Waals surface area (Å²) in [6, 6.07) is 20.9. The van der Waals surface area contributed by atoms with Crippen molar-refractivity contribution in [1.29, 1.82) is 0 Å². The molecule has 2 heterocycles. The van der Waals surface area contributed by atoms with Crippen molar-refractivity contribution in [3.63, 3.8) is 0 Å². The average molecular weight is 648 g/mol. The number of hydrazine groups is 1. The molecule has 1 atom stereocenters.